The van der Waals surface area contributed by atoms with Crippen LogP contribution in [0, 0.1) is 0 Å². The zero-order chi connectivity index (χ0) is 21.3. The van der Waals surface area contributed by atoms with Gasteiger partial charge in [-0.15, -0.1) is 0 Å². The molecule has 0 amide bonds. The number of hydrogen-bond donors (Lipinski definition) is 0. The monoisotopic (exact) mass is 400 g/mol. The van der Waals surface area contributed by atoms with E-state index in [1.165, 1.54) is 16.7 Å². The van der Waals surface area contributed by atoms with E-state index in [0.717, 1.165) is 24.3 Å². The molecule has 0 spiro atoms. The normalized spacial score (nSPS) is 17.6. The summed E-state index contributed by atoms with van der Waals surface area (Å²) in [6, 6.07) is 4.35. The van der Waals surface area contributed by atoms with Crippen LogP contribution in [0.3, 0.4) is 0 Å². The Hall–Kier alpha value is -1.48. The maximum Gasteiger partial charge on any atom is 0.126 e. The van der Waals surface area contributed by atoms with Crippen molar-refractivity contribution >= 4 is 8.07 Å². The molecule has 0 radical (unpaired) electrons. The Balaban J connectivity index is 2.79. The number of rotatable bonds is 7. The van der Waals surface area contributed by atoms with Crippen molar-refractivity contribution in [1.29, 1.82) is 0 Å². The molecule has 0 aromatic heterocycles. The molecule has 1 aromatic rings. The summed E-state index contributed by atoms with van der Waals surface area (Å²) < 4.78 is 11.8. The Morgan fingerprint density at radius 2 is 1.50 bits per heavy atom. The summed E-state index contributed by atoms with van der Waals surface area (Å²) in [4.78, 5) is 0. The second kappa shape index (κ2) is 8.10. The van der Waals surface area contributed by atoms with Crippen LogP contribution < -0.4 is 9.47 Å². The molecule has 1 atom stereocenters. The van der Waals surface area contributed by atoms with Crippen LogP contribution in [0.5, 0.6) is 11.5 Å². The molecular formula is C25H40O2Si. The molecule has 1 aliphatic carbocycles. The first kappa shape index (κ1) is 22.8. The summed E-state index contributed by atoms with van der Waals surface area (Å²) in [6.45, 7) is 18.7. The van der Waals surface area contributed by atoms with Gasteiger partial charge in [0.05, 0.1) is 22.3 Å². The predicted molar refractivity (Wildman–Crippen MR) is 125 cm³/mol. The first-order chi connectivity index (χ1) is 12.9. The summed E-state index contributed by atoms with van der Waals surface area (Å²) in [6.07, 6.45) is 9.41. The van der Waals surface area contributed by atoms with Gasteiger partial charge < -0.3 is 9.47 Å². The fourth-order valence-corrected chi connectivity index (χ4v) is 5.77. The Bertz CT molecular complexity index is 756. The molecule has 3 heteroatoms. The Morgan fingerprint density at radius 1 is 0.929 bits per heavy atom. The van der Waals surface area contributed by atoms with Gasteiger partial charge in [-0.25, -0.2) is 0 Å². The van der Waals surface area contributed by atoms with E-state index in [4.69, 9.17) is 9.47 Å². The van der Waals surface area contributed by atoms with Gasteiger partial charge in [-0.2, -0.15) is 0 Å². The lowest BCUT2D eigenvalue weighted by Gasteiger charge is -2.37. The lowest BCUT2D eigenvalue weighted by Crippen LogP contribution is -2.29. The maximum atomic E-state index is 6.07. The van der Waals surface area contributed by atoms with Gasteiger partial charge in [0.15, 0.2) is 0 Å². The van der Waals surface area contributed by atoms with Crippen molar-refractivity contribution in [2.75, 3.05) is 14.2 Å². The van der Waals surface area contributed by atoms with Gasteiger partial charge in [0.1, 0.15) is 11.5 Å². The second-order valence-electron chi connectivity index (χ2n) is 10.2. The second-order valence-corrected chi connectivity index (χ2v) is 15.6. The fraction of sp³-hybridized carbons (Fsp3) is 0.600. The highest BCUT2D eigenvalue weighted by Gasteiger charge is 2.39. The Kier molecular flexibility index (Phi) is 6.60. The largest absolute Gasteiger partial charge is 0.497 e. The maximum absolute atomic E-state index is 6.07. The van der Waals surface area contributed by atoms with Crippen molar-refractivity contribution in [3.8, 4) is 11.5 Å². The molecule has 1 aliphatic rings. The minimum Gasteiger partial charge on any atom is -0.497 e. The molecule has 1 aromatic carbocycles. The van der Waals surface area contributed by atoms with Crippen molar-refractivity contribution in [1.82, 2.24) is 0 Å². The van der Waals surface area contributed by atoms with E-state index in [-0.39, 0.29) is 10.8 Å². The summed E-state index contributed by atoms with van der Waals surface area (Å²) in [5, 5.41) is 0. The van der Waals surface area contributed by atoms with Gasteiger partial charge >= 0.3 is 0 Å². The lowest BCUT2D eigenvalue weighted by atomic mass is 9.68. The van der Waals surface area contributed by atoms with Crippen molar-refractivity contribution in [2.45, 2.75) is 83.5 Å². The molecule has 2 rings (SSSR count). The number of benzene rings is 1. The van der Waals surface area contributed by atoms with Crippen molar-refractivity contribution < 1.29 is 9.47 Å². The van der Waals surface area contributed by atoms with Crippen LogP contribution >= 0.6 is 0 Å². The highest BCUT2D eigenvalue weighted by molar-refractivity contribution is 6.78. The summed E-state index contributed by atoms with van der Waals surface area (Å²) in [5.74, 6) is 1.93. The van der Waals surface area contributed by atoms with Crippen LogP contribution in [0.25, 0.3) is 0 Å². The first-order valence-corrected chi connectivity index (χ1v) is 14.2. The number of allylic oxidation sites excluding steroid dienone is 4. The quantitative estimate of drug-likeness (QED) is 0.448. The number of methoxy groups -OCH3 is 2. The summed E-state index contributed by atoms with van der Waals surface area (Å²) in [5.41, 5.74) is 4.42. The van der Waals surface area contributed by atoms with Crippen LogP contribution in [0.2, 0.25) is 25.2 Å². The average Bonchev–Trinajstić information content (AvgIpc) is 3.12. The molecule has 0 fully saturated rings. The molecule has 0 aliphatic heterocycles. The van der Waals surface area contributed by atoms with Crippen LogP contribution in [-0.4, -0.2) is 22.3 Å². The van der Waals surface area contributed by atoms with Gasteiger partial charge in [0.25, 0.3) is 0 Å². The molecule has 0 bridgehead atoms. The minimum absolute atomic E-state index is 0.0252. The summed E-state index contributed by atoms with van der Waals surface area (Å²) in [7, 11) is 2.29. The first-order valence-electron chi connectivity index (χ1n) is 10.6. The van der Waals surface area contributed by atoms with E-state index in [2.05, 4.69) is 84.6 Å². The minimum atomic E-state index is -1.27. The van der Waals surface area contributed by atoms with Gasteiger partial charge in [-0.3, -0.25) is 0 Å². The van der Waals surface area contributed by atoms with Crippen LogP contribution in [0.4, 0.5) is 0 Å². The molecular weight excluding hydrogens is 360 g/mol. The third-order valence-corrected chi connectivity index (χ3v) is 8.79. The highest BCUT2D eigenvalue weighted by atomic mass is 28.3. The molecule has 156 valence electrons. The third-order valence-electron chi connectivity index (χ3n) is 6.43. The van der Waals surface area contributed by atoms with Crippen molar-refractivity contribution in [3.05, 3.63) is 47.1 Å². The fourth-order valence-electron chi connectivity index (χ4n) is 4.42. The van der Waals surface area contributed by atoms with Gasteiger partial charge in [0.2, 0.25) is 0 Å². The standard InChI is InChI=1S/C25H40O2Si/c1-11-25(12-2,18-13-14-20(15-18)28(8,9)10)22-17-19(26-6)16-21(23(22)27-7)24(3,4)5/h13-17,20H,11-12H2,1-10H3. The van der Waals surface area contributed by atoms with E-state index in [1.54, 1.807) is 14.2 Å². The van der Waals surface area contributed by atoms with Crippen LogP contribution in [0.1, 0.15) is 58.6 Å². The van der Waals surface area contributed by atoms with E-state index >= 15 is 0 Å². The van der Waals surface area contributed by atoms with E-state index in [1.807, 2.05) is 0 Å². The van der Waals surface area contributed by atoms with Crippen molar-refractivity contribution in [2.24, 2.45) is 0 Å². The Labute approximate surface area is 174 Å². The van der Waals surface area contributed by atoms with E-state index in [0.29, 0.717) is 5.54 Å². The van der Waals surface area contributed by atoms with E-state index < -0.39 is 8.07 Å². The molecule has 28 heavy (non-hydrogen) atoms. The molecule has 0 saturated carbocycles. The number of ether oxygens (including phenoxy) is 2. The Morgan fingerprint density at radius 3 is 1.89 bits per heavy atom. The zero-order valence-electron chi connectivity index (χ0n) is 19.7. The molecule has 0 saturated heterocycles. The van der Waals surface area contributed by atoms with Crippen molar-refractivity contribution in [3.63, 3.8) is 0 Å². The zero-order valence-corrected chi connectivity index (χ0v) is 20.7. The smallest absolute Gasteiger partial charge is 0.126 e. The van der Waals surface area contributed by atoms with Gasteiger partial charge in [-0.1, -0.05) is 72.5 Å². The highest BCUT2D eigenvalue weighted by Crippen LogP contribution is 2.51. The molecule has 2 nitrogen and oxygen atoms in total. The third kappa shape index (κ3) is 4.10. The van der Waals surface area contributed by atoms with E-state index in [9.17, 15) is 0 Å². The summed E-state index contributed by atoms with van der Waals surface area (Å²) >= 11 is 0. The number of hydrogen-bond acceptors (Lipinski definition) is 2. The lowest BCUT2D eigenvalue weighted by molar-refractivity contribution is 0.363. The molecule has 0 heterocycles. The SMILES string of the molecule is CCC(CC)(C1=CC([Si](C)(C)C)C=C1)c1cc(OC)cc(C(C)(C)C)c1OC. The van der Waals surface area contributed by atoms with Crippen LogP contribution in [-0.2, 0) is 10.8 Å². The molecule has 0 N–H and O–H groups in total. The van der Waals surface area contributed by atoms with Gasteiger partial charge in [0, 0.05) is 16.5 Å². The van der Waals surface area contributed by atoms with Gasteiger partial charge in [-0.05, 0) is 41.5 Å². The average molecular weight is 401 g/mol. The van der Waals surface area contributed by atoms with Crippen LogP contribution in [0.15, 0.2) is 35.9 Å². The topological polar surface area (TPSA) is 18.5 Å². The molecule has 1 unspecified atom stereocenters. The predicted octanol–water partition coefficient (Wildman–Crippen LogP) is 7.26.